The topological polar surface area (TPSA) is 114 Å². The molecule has 3 amide bonds. The van der Waals surface area contributed by atoms with Gasteiger partial charge in [0.15, 0.2) is 10.8 Å². The van der Waals surface area contributed by atoms with Crippen molar-refractivity contribution in [1.82, 2.24) is 19.4 Å². The molecule has 40 heavy (non-hydrogen) atoms. The second-order valence-corrected chi connectivity index (χ2v) is 11.8. The van der Waals surface area contributed by atoms with Crippen molar-refractivity contribution >= 4 is 50.0 Å². The lowest BCUT2D eigenvalue weighted by atomic mass is 9.93. The van der Waals surface area contributed by atoms with Gasteiger partial charge in [0.2, 0.25) is 5.91 Å². The van der Waals surface area contributed by atoms with E-state index in [1.165, 1.54) is 0 Å². The fourth-order valence-electron chi connectivity index (χ4n) is 4.58. The molecule has 4 heterocycles. The minimum atomic E-state index is -0.404. The molecule has 1 saturated heterocycles. The minimum Gasteiger partial charge on any atom is -0.378 e. The summed E-state index contributed by atoms with van der Waals surface area (Å²) < 4.78 is 13.9. The van der Waals surface area contributed by atoms with Crippen LogP contribution in [0.15, 0.2) is 59.3 Å². The number of carbonyl (C=O) groups is 2. The molecule has 3 aromatic heterocycles. The molecule has 0 radical (unpaired) electrons. The summed E-state index contributed by atoms with van der Waals surface area (Å²) >= 11 is 1.61. The van der Waals surface area contributed by atoms with E-state index in [4.69, 9.17) is 14.2 Å². The van der Waals surface area contributed by atoms with Crippen LogP contribution in [0.4, 0.5) is 16.3 Å². The van der Waals surface area contributed by atoms with Gasteiger partial charge in [-0.1, -0.05) is 55.5 Å². The van der Waals surface area contributed by atoms with Crippen molar-refractivity contribution < 1.29 is 18.8 Å². The number of hydrogen-bond acceptors (Lipinski definition) is 7. The molecule has 0 aliphatic carbocycles. The average molecular weight is 559 g/mol. The van der Waals surface area contributed by atoms with Gasteiger partial charge < -0.3 is 19.5 Å². The third kappa shape index (κ3) is 5.43. The van der Waals surface area contributed by atoms with E-state index in [1.54, 1.807) is 17.4 Å². The highest BCUT2D eigenvalue weighted by molar-refractivity contribution is 7.23. The van der Waals surface area contributed by atoms with Gasteiger partial charge in [-0.3, -0.25) is 14.5 Å². The van der Waals surface area contributed by atoms with Crippen molar-refractivity contribution in [2.75, 3.05) is 36.9 Å². The number of fused-ring (bicyclic) bond motifs is 3. The van der Waals surface area contributed by atoms with E-state index in [9.17, 15) is 9.59 Å². The van der Waals surface area contributed by atoms with E-state index in [0.717, 1.165) is 32.0 Å². The number of carbonyl (C=O) groups excluding carboxylic acids is 2. The second-order valence-electron chi connectivity index (χ2n) is 10.8. The van der Waals surface area contributed by atoms with Gasteiger partial charge in [0, 0.05) is 42.0 Å². The van der Waals surface area contributed by atoms with Crippen LogP contribution in [0.1, 0.15) is 32.1 Å². The number of anilines is 2. The lowest BCUT2D eigenvalue weighted by molar-refractivity contribution is -0.134. The van der Waals surface area contributed by atoms with Crippen molar-refractivity contribution in [2.24, 2.45) is 0 Å². The third-order valence-corrected chi connectivity index (χ3v) is 7.84. The number of amides is 3. The summed E-state index contributed by atoms with van der Waals surface area (Å²) in [6.07, 6.45) is 2.37. The van der Waals surface area contributed by atoms with Crippen LogP contribution in [0.5, 0.6) is 0 Å². The lowest BCUT2D eigenvalue weighted by Gasteiger charge is -2.26. The molecular weight excluding hydrogens is 528 g/mol. The zero-order chi connectivity index (χ0) is 27.9. The van der Waals surface area contributed by atoms with Gasteiger partial charge in [-0.05, 0) is 29.8 Å². The van der Waals surface area contributed by atoms with Crippen LogP contribution in [0.3, 0.4) is 0 Å². The molecule has 2 N–H and O–H groups in total. The van der Waals surface area contributed by atoms with Crippen molar-refractivity contribution in [1.29, 1.82) is 0 Å². The maximum atomic E-state index is 12.7. The fourth-order valence-corrected chi connectivity index (χ4v) is 5.57. The summed E-state index contributed by atoms with van der Waals surface area (Å²) in [5, 5.41) is 9.43. The van der Waals surface area contributed by atoms with E-state index in [1.807, 2.05) is 62.2 Å². The van der Waals surface area contributed by atoms with Gasteiger partial charge in [-0.25, -0.2) is 9.78 Å². The lowest BCUT2D eigenvalue weighted by Crippen LogP contribution is -2.41. The Hall–Kier alpha value is -4.22. The highest BCUT2D eigenvalue weighted by Gasteiger charge is 2.21. The summed E-state index contributed by atoms with van der Waals surface area (Å²) in [6, 6.07) is 15.0. The zero-order valence-electron chi connectivity index (χ0n) is 22.6. The highest BCUT2D eigenvalue weighted by Crippen LogP contribution is 2.31. The largest absolute Gasteiger partial charge is 0.378 e. The molecule has 1 aliphatic heterocycles. The van der Waals surface area contributed by atoms with Crippen LogP contribution >= 0.6 is 11.3 Å². The molecule has 0 saturated carbocycles. The first-order chi connectivity index (χ1) is 19.2. The smallest absolute Gasteiger partial charge is 0.324 e. The Labute approximate surface area is 234 Å². The van der Waals surface area contributed by atoms with E-state index >= 15 is 0 Å². The molecule has 1 aliphatic rings. The van der Waals surface area contributed by atoms with Gasteiger partial charge in [0.1, 0.15) is 5.76 Å². The number of nitrogens with one attached hydrogen (secondary N) is 2. The number of ether oxygens (including phenoxy) is 1. The van der Waals surface area contributed by atoms with Crippen molar-refractivity contribution in [3.63, 3.8) is 0 Å². The SMILES string of the molecule is CC(C)(C)c1cc(NC(=O)Nc2ccc(-c3cn4c(n3)sc3ccc(CC(=O)N5CCOCC5)cc34)cc2)no1. The van der Waals surface area contributed by atoms with Crippen LogP contribution in [0.25, 0.3) is 26.4 Å². The van der Waals surface area contributed by atoms with E-state index in [2.05, 4.69) is 32.3 Å². The Bertz CT molecular complexity index is 1690. The first-order valence-electron chi connectivity index (χ1n) is 13.1. The molecule has 1 fully saturated rings. The van der Waals surface area contributed by atoms with E-state index < -0.39 is 6.03 Å². The second kappa shape index (κ2) is 10.4. The van der Waals surface area contributed by atoms with E-state index in [-0.39, 0.29) is 11.3 Å². The molecular formula is C29H30N6O4S. The number of aromatic nitrogens is 3. The molecule has 0 atom stereocenters. The molecule has 11 heteroatoms. The van der Waals surface area contributed by atoms with Gasteiger partial charge >= 0.3 is 6.03 Å². The summed E-state index contributed by atoms with van der Waals surface area (Å²) in [5.74, 6) is 1.18. The molecule has 10 nitrogen and oxygen atoms in total. The third-order valence-electron chi connectivity index (χ3n) is 6.81. The summed E-state index contributed by atoms with van der Waals surface area (Å²) in [5.41, 5.74) is 4.21. The average Bonchev–Trinajstić information content (AvgIpc) is 3.65. The number of imidazole rings is 1. The molecule has 0 bridgehead atoms. The zero-order valence-corrected chi connectivity index (χ0v) is 23.4. The number of benzene rings is 2. The quantitative estimate of drug-likeness (QED) is 0.293. The number of morpholine rings is 1. The summed E-state index contributed by atoms with van der Waals surface area (Å²) in [7, 11) is 0. The van der Waals surface area contributed by atoms with Crippen LogP contribution in [-0.4, -0.2) is 57.7 Å². The van der Waals surface area contributed by atoms with Gasteiger partial charge in [-0.15, -0.1) is 0 Å². The number of hydrogen-bond donors (Lipinski definition) is 2. The monoisotopic (exact) mass is 558 g/mol. The Balaban J connectivity index is 1.14. The van der Waals surface area contributed by atoms with Crippen LogP contribution < -0.4 is 10.6 Å². The Morgan fingerprint density at radius 1 is 1.02 bits per heavy atom. The molecule has 0 spiro atoms. The highest BCUT2D eigenvalue weighted by atomic mass is 32.1. The number of nitrogens with zero attached hydrogens (tertiary/aromatic N) is 4. The Morgan fingerprint density at radius 2 is 1.80 bits per heavy atom. The van der Waals surface area contributed by atoms with E-state index in [0.29, 0.717) is 50.0 Å². The molecule has 206 valence electrons. The van der Waals surface area contributed by atoms with Crippen molar-refractivity contribution in [2.45, 2.75) is 32.6 Å². The normalized spacial score (nSPS) is 14.1. The van der Waals surface area contributed by atoms with Gasteiger partial charge in [0.05, 0.1) is 35.5 Å². The Kier molecular flexibility index (Phi) is 6.77. The first-order valence-corrected chi connectivity index (χ1v) is 14.0. The maximum absolute atomic E-state index is 12.7. The number of rotatable bonds is 5. The number of urea groups is 1. The minimum absolute atomic E-state index is 0.124. The van der Waals surface area contributed by atoms with Crippen LogP contribution in [-0.2, 0) is 21.4 Å². The van der Waals surface area contributed by atoms with Gasteiger partial charge in [0.25, 0.3) is 0 Å². The molecule has 5 aromatic rings. The summed E-state index contributed by atoms with van der Waals surface area (Å²) in [4.78, 5) is 32.7. The first kappa shape index (κ1) is 26.0. The molecule has 0 unspecified atom stereocenters. The number of thiazole rings is 1. The van der Waals surface area contributed by atoms with Crippen molar-refractivity contribution in [3.05, 3.63) is 66.1 Å². The van der Waals surface area contributed by atoms with Crippen molar-refractivity contribution in [3.8, 4) is 11.3 Å². The summed E-state index contributed by atoms with van der Waals surface area (Å²) in [6.45, 7) is 8.52. The van der Waals surface area contributed by atoms with Crippen LogP contribution in [0.2, 0.25) is 0 Å². The Morgan fingerprint density at radius 3 is 2.52 bits per heavy atom. The predicted octanol–water partition coefficient (Wildman–Crippen LogP) is 5.55. The maximum Gasteiger partial charge on any atom is 0.324 e. The predicted molar refractivity (Wildman–Crippen MR) is 155 cm³/mol. The van der Waals surface area contributed by atoms with Crippen LogP contribution in [0, 0.1) is 0 Å². The standard InChI is InChI=1S/C29H30N6O4S/c1-29(2,3)24-16-25(33-39-24)32-27(37)30-20-7-5-19(6-8-20)21-17-35-22-14-18(4-9-23(22)40-28(35)31-21)15-26(36)34-10-12-38-13-11-34/h4-9,14,16-17H,10-13,15H2,1-3H3,(H2,30,32,33,37). The fraction of sp³-hybridized carbons (Fsp3) is 0.310. The molecule has 2 aromatic carbocycles. The van der Waals surface area contributed by atoms with Gasteiger partial charge in [-0.2, -0.15) is 0 Å². The molecule has 6 rings (SSSR count).